The first-order valence-corrected chi connectivity index (χ1v) is 7.99. The average Bonchev–Trinajstić information content (AvgIpc) is 2.65. The SMILES string of the molecule is COc1ccc(-c2ccc(C(O)CCCCC(=O)NO)cc2)cc1. The van der Waals surface area contributed by atoms with Gasteiger partial charge in [0.15, 0.2) is 0 Å². The van der Waals surface area contributed by atoms with E-state index < -0.39 is 12.0 Å². The highest BCUT2D eigenvalue weighted by molar-refractivity contribution is 5.74. The molecule has 2 aromatic rings. The maximum Gasteiger partial charge on any atom is 0.243 e. The minimum Gasteiger partial charge on any atom is -0.497 e. The van der Waals surface area contributed by atoms with Gasteiger partial charge >= 0.3 is 0 Å². The summed E-state index contributed by atoms with van der Waals surface area (Å²) in [6, 6.07) is 15.6. The van der Waals surface area contributed by atoms with Gasteiger partial charge in [0.1, 0.15) is 5.75 Å². The van der Waals surface area contributed by atoms with Gasteiger partial charge in [0.2, 0.25) is 5.91 Å². The van der Waals surface area contributed by atoms with Gasteiger partial charge in [-0.3, -0.25) is 10.0 Å². The zero-order chi connectivity index (χ0) is 17.4. The van der Waals surface area contributed by atoms with Gasteiger partial charge in [-0.05, 0) is 41.7 Å². The van der Waals surface area contributed by atoms with Gasteiger partial charge in [-0.25, -0.2) is 5.48 Å². The maximum absolute atomic E-state index is 10.9. The topological polar surface area (TPSA) is 78.8 Å². The van der Waals surface area contributed by atoms with Gasteiger partial charge < -0.3 is 9.84 Å². The Morgan fingerprint density at radius 3 is 2.17 bits per heavy atom. The number of hydrogen-bond donors (Lipinski definition) is 3. The van der Waals surface area contributed by atoms with Crippen LogP contribution in [0, 0.1) is 0 Å². The third-order valence-electron chi connectivity index (χ3n) is 3.97. The zero-order valence-electron chi connectivity index (χ0n) is 13.7. The number of methoxy groups -OCH3 is 1. The Hall–Kier alpha value is -2.37. The van der Waals surface area contributed by atoms with Gasteiger partial charge in [-0.2, -0.15) is 0 Å². The van der Waals surface area contributed by atoms with Crippen molar-refractivity contribution >= 4 is 5.91 Å². The number of unbranched alkanes of at least 4 members (excludes halogenated alkanes) is 1. The first-order valence-electron chi connectivity index (χ1n) is 7.99. The number of aliphatic hydroxyl groups excluding tert-OH is 1. The molecule has 0 bridgehead atoms. The maximum atomic E-state index is 10.9. The number of hydrogen-bond acceptors (Lipinski definition) is 4. The van der Waals surface area contributed by atoms with Gasteiger partial charge in [0.25, 0.3) is 0 Å². The van der Waals surface area contributed by atoms with Crippen molar-refractivity contribution in [2.24, 2.45) is 0 Å². The fraction of sp³-hybridized carbons (Fsp3) is 0.316. The van der Waals surface area contributed by atoms with Crippen LogP contribution in [0.5, 0.6) is 5.75 Å². The number of carbonyl (C=O) groups is 1. The van der Waals surface area contributed by atoms with Crippen LogP contribution in [0.1, 0.15) is 37.4 Å². The number of rotatable bonds is 8. The molecular weight excluding hydrogens is 306 g/mol. The molecular formula is C19H23NO4. The van der Waals surface area contributed by atoms with E-state index >= 15 is 0 Å². The zero-order valence-corrected chi connectivity index (χ0v) is 13.7. The Kier molecular flexibility index (Phi) is 6.78. The molecule has 0 aromatic heterocycles. The van der Waals surface area contributed by atoms with Gasteiger partial charge in [-0.1, -0.05) is 42.8 Å². The van der Waals surface area contributed by atoms with Crippen LogP contribution in [0.2, 0.25) is 0 Å². The molecule has 0 aliphatic carbocycles. The molecule has 2 aromatic carbocycles. The molecule has 0 aliphatic rings. The van der Waals surface area contributed by atoms with Crippen molar-refractivity contribution < 1.29 is 19.8 Å². The van der Waals surface area contributed by atoms with Crippen LogP contribution in [0.3, 0.4) is 0 Å². The minimum absolute atomic E-state index is 0.264. The molecule has 0 fully saturated rings. The molecule has 0 heterocycles. The largest absolute Gasteiger partial charge is 0.497 e. The summed E-state index contributed by atoms with van der Waals surface area (Å²) >= 11 is 0. The highest BCUT2D eigenvalue weighted by atomic mass is 16.5. The quantitative estimate of drug-likeness (QED) is 0.394. The number of aliphatic hydroxyl groups is 1. The van der Waals surface area contributed by atoms with E-state index in [1.54, 1.807) is 12.6 Å². The molecule has 1 amide bonds. The van der Waals surface area contributed by atoms with Gasteiger partial charge in [0, 0.05) is 6.42 Å². The number of amides is 1. The van der Waals surface area contributed by atoms with E-state index in [-0.39, 0.29) is 6.42 Å². The first kappa shape index (κ1) is 18.0. The Morgan fingerprint density at radius 1 is 1.04 bits per heavy atom. The number of ether oxygens (including phenoxy) is 1. The highest BCUT2D eigenvalue weighted by Crippen LogP contribution is 2.26. The average molecular weight is 329 g/mol. The molecule has 1 unspecified atom stereocenters. The second kappa shape index (κ2) is 9.05. The van der Waals surface area contributed by atoms with E-state index in [9.17, 15) is 9.90 Å². The van der Waals surface area contributed by atoms with Crippen molar-refractivity contribution in [3.05, 3.63) is 54.1 Å². The van der Waals surface area contributed by atoms with Crippen LogP contribution in [0.15, 0.2) is 48.5 Å². The minimum atomic E-state index is -0.549. The molecule has 5 nitrogen and oxygen atoms in total. The van der Waals surface area contributed by atoms with Crippen LogP contribution in [-0.4, -0.2) is 23.3 Å². The number of hydroxylamine groups is 1. The molecule has 5 heteroatoms. The van der Waals surface area contributed by atoms with Crippen LogP contribution in [-0.2, 0) is 4.79 Å². The summed E-state index contributed by atoms with van der Waals surface area (Å²) in [6.45, 7) is 0. The van der Waals surface area contributed by atoms with E-state index in [1.165, 1.54) is 0 Å². The smallest absolute Gasteiger partial charge is 0.243 e. The van der Waals surface area contributed by atoms with Gasteiger partial charge in [0.05, 0.1) is 13.2 Å². The van der Waals surface area contributed by atoms with Crippen LogP contribution in [0.4, 0.5) is 0 Å². The lowest BCUT2D eigenvalue weighted by Gasteiger charge is -2.12. The molecule has 0 spiro atoms. The monoisotopic (exact) mass is 329 g/mol. The lowest BCUT2D eigenvalue weighted by Crippen LogP contribution is -2.17. The molecule has 0 aliphatic heterocycles. The summed E-state index contributed by atoms with van der Waals surface area (Å²) in [5.74, 6) is 0.425. The van der Waals surface area contributed by atoms with Crippen molar-refractivity contribution in [3.63, 3.8) is 0 Å². The van der Waals surface area contributed by atoms with Crippen molar-refractivity contribution in [3.8, 4) is 16.9 Å². The summed E-state index contributed by atoms with van der Waals surface area (Å²) in [7, 11) is 1.64. The fourth-order valence-corrected chi connectivity index (χ4v) is 2.53. The Labute approximate surface area is 141 Å². The molecule has 2 rings (SSSR count). The molecule has 0 saturated carbocycles. The Bertz CT molecular complexity index is 637. The van der Waals surface area contributed by atoms with Crippen LogP contribution >= 0.6 is 0 Å². The van der Waals surface area contributed by atoms with Crippen LogP contribution in [0.25, 0.3) is 11.1 Å². The Morgan fingerprint density at radius 2 is 1.62 bits per heavy atom. The van der Waals surface area contributed by atoms with Crippen molar-refractivity contribution in [1.29, 1.82) is 0 Å². The highest BCUT2D eigenvalue weighted by Gasteiger charge is 2.08. The van der Waals surface area contributed by atoms with Crippen LogP contribution < -0.4 is 10.2 Å². The summed E-state index contributed by atoms with van der Waals surface area (Å²) in [5, 5.41) is 18.6. The molecule has 1 atom stereocenters. The second-order valence-electron chi connectivity index (χ2n) is 5.65. The predicted octanol–water partition coefficient (Wildman–Crippen LogP) is 3.46. The summed E-state index contributed by atoms with van der Waals surface area (Å²) in [4.78, 5) is 10.9. The van der Waals surface area contributed by atoms with E-state index in [2.05, 4.69) is 0 Å². The third-order valence-corrected chi connectivity index (χ3v) is 3.97. The lowest BCUT2D eigenvalue weighted by molar-refractivity contribution is -0.129. The number of nitrogens with one attached hydrogen (secondary N) is 1. The van der Waals surface area contributed by atoms with Crippen molar-refractivity contribution in [1.82, 2.24) is 5.48 Å². The van der Waals surface area contributed by atoms with E-state index in [0.29, 0.717) is 12.8 Å². The predicted molar refractivity (Wildman–Crippen MR) is 91.8 cm³/mol. The fourth-order valence-electron chi connectivity index (χ4n) is 2.53. The molecule has 3 N–H and O–H groups in total. The standard InChI is InChI=1S/C19H23NO4/c1-24-17-12-10-15(11-13-17)14-6-8-16(9-7-14)18(21)4-2-3-5-19(22)20-23/h6-13,18,21,23H,2-5H2,1H3,(H,20,22). The summed E-state index contributed by atoms with van der Waals surface area (Å²) < 4.78 is 5.15. The van der Waals surface area contributed by atoms with Crippen molar-refractivity contribution in [2.75, 3.05) is 7.11 Å². The van der Waals surface area contributed by atoms with E-state index in [0.717, 1.165) is 28.9 Å². The summed E-state index contributed by atoms with van der Waals surface area (Å²) in [6.07, 6.45) is 1.65. The second-order valence-corrected chi connectivity index (χ2v) is 5.65. The van der Waals surface area contributed by atoms with Gasteiger partial charge in [-0.15, -0.1) is 0 Å². The number of carbonyl (C=O) groups excluding carboxylic acids is 1. The first-order chi connectivity index (χ1) is 11.6. The van der Waals surface area contributed by atoms with E-state index in [4.69, 9.17) is 9.94 Å². The number of benzene rings is 2. The molecule has 24 heavy (non-hydrogen) atoms. The Balaban J connectivity index is 1.89. The van der Waals surface area contributed by atoms with E-state index in [1.807, 2.05) is 48.5 Å². The normalized spacial score (nSPS) is 11.8. The molecule has 128 valence electrons. The summed E-state index contributed by atoms with van der Waals surface area (Å²) in [5.41, 5.74) is 4.63. The third kappa shape index (κ3) is 5.08. The molecule has 0 radical (unpaired) electrons. The molecule has 0 saturated heterocycles. The lowest BCUT2D eigenvalue weighted by atomic mass is 9.99. The van der Waals surface area contributed by atoms with Crippen molar-refractivity contribution in [2.45, 2.75) is 31.8 Å².